The molecule has 15 rings (SSSR count). The number of nitrogens with two attached hydrogens (primary N) is 3. The number of aliphatic hydroxyl groups is 2. The number of aromatic nitrogens is 20. The average molecular weight is 1840 g/mol. The molecular formula is C87H138B4N30O12. The summed E-state index contributed by atoms with van der Waals surface area (Å²) in [5, 5.41) is 56.1. The molecule has 10 aromatic rings. The highest BCUT2D eigenvalue weighted by Crippen LogP contribution is 2.35. The Bertz CT molecular complexity index is 5250. The van der Waals surface area contributed by atoms with Gasteiger partial charge in [-0.2, -0.15) is 24.9 Å². The van der Waals surface area contributed by atoms with Gasteiger partial charge in [0.05, 0.1) is 92.4 Å². The second-order valence-electron chi connectivity index (χ2n) is 36.4. The molecule has 133 heavy (non-hydrogen) atoms. The number of hydrogen-bond acceptors (Lipinski definition) is 35. The third kappa shape index (κ3) is 30.5. The Hall–Kier alpha value is -11.0. The predicted molar refractivity (Wildman–Crippen MR) is 510 cm³/mol. The lowest BCUT2D eigenvalue weighted by Gasteiger charge is -2.25. The number of fused-ring (bicyclic) bond motifs is 5. The zero-order valence-corrected chi connectivity index (χ0v) is 80.2. The van der Waals surface area contributed by atoms with Crippen LogP contribution in [0.3, 0.4) is 0 Å². The van der Waals surface area contributed by atoms with Gasteiger partial charge in [-0.3, -0.25) is 0 Å². The van der Waals surface area contributed by atoms with Gasteiger partial charge in [-0.1, -0.05) is 66.7 Å². The van der Waals surface area contributed by atoms with Crippen LogP contribution in [0.25, 0.3) is 28.2 Å². The number of aliphatic hydroxyl groups excluding tert-OH is 2. The normalized spacial score (nSPS) is 18.9. The third-order valence-corrected chi connectivity index (χ3v) is 22.4. The standard InChI is InChI=1S/C21H33B2N6O4.C15H24N6O2.2C15H24N6O.C11H16B2N5O.C10H17NO3/c1-6-7-13(2)32-19-26-17(25-12-23-22)18-24-10-15(29(18)27-19)16(30)14-8-9-28(11-14)20(31)33-21(3,4)5;1-3-4-9(2)23-15-19-13(16)14-18-8-11(21(14)20-15)12(22)10-5-6-17-7-10;2*1-3-4-10(2)22-15-19-13(16)14-18-9-12(21(14)20-15)7-11-5-6-17-8-11;1-3-4-8(2)19-11-16-9(15-7-13-12)10-14-5-6-18(10)17-11;1-10(2,3)14-9(13)11-5-4-8(6-11)7-12/h10,13-14,16,30H,6-9,11-12H2,1-5H3,(H,25,26,27);8-10,12,17,22H,3-7H2,1-2H3,(H2,16,19,20);2*9-11,17H,3-8H2,1-2H3,(H2,16,19,20);5-6,8H,3-4,7H2,1-2H3,(H,15,16,17);7-8H,4-6H2,1-3H3/t13-,14?,16?;9-,10?,12?;2*10-,11?;8-;/m00000./s1/i/hD2. The van der Waals surface area contributed by atoms with E-state index in [0.717, 1.165) is 157 Å². The van der Waals surface area contributed by atoms with Gasteiger partial charge in [-0.05, 0) is 211 Å². The summed E-state index contributed by atoms with van der Waals surface area (Å²) in [5.74, 6) is 2.73. The van der Waals surface area contributed by atoms with Crippen LogP contribution in [0.4, 0.5) is 38.7 Å². The van der Waals surface area contributed by atoms with Gasteiger partial charge < -0.3 is 102 Å². The highest BCUT2D eigenvalue weighted by Gasteiger charge is 2.37. The van der Waals surface area contributed by atoms with Gasteiger partial charge in [0.1, 0.15) is 29.7 Å². The Morgan fingerprint density at radius 1 is 0.504 bits per heavy atom. The number of anilines is 5. The smallest absolute Gasteiger partial charge is 0.410 e. The first-order valence-electron chi connectivity index (χ1n) is 47.8. The van der Waals surface area contributed by atoms with Crippen molar-refractivity contribution in [1.82, 2.24) is 124 Å². The molecule has 10 aromatic heterocycles. The molecule has 13 N–H and O–H groups in total. The monoisotopic (exact) mass is 1840 g/mol. The molecule has 5 aliphatic heterocycles. The summed E-state index contributed by atoms with van der Waals surface area (Å²) in [6, 6.07) is 1.20. The molecule has 0 aliphatic carbocycles. The number of nitrogens with one attached hydrogen (secondary N) is 5. The molecule has 6 radical (unpaired) electrons. The maximum atomic E-state index is 12.4. The Morgan fingerprint density at radius 3 is 1.29 bits per heavy atom. The van der Waals surface area contributed by atoms with Gasteiger partial charge in [0.15, 0.2) is 60.1 Å². The number of nitrogens with zero attached hydrogens (tertiary/aromatic N) is 22. The lowest BCUT2D eigenvalue weighted by molar-refractivity contribution is -0.110. The van der Waals surface area contributed by atoms with Crippen molar-refractivity contribution in [3.63, 3.8) is 0 Å². The number of imidazole rings is 5. The zero-order chi connectivity index (χ0) is 97.8. The predicted octanol–water partition coefficient (Wildman–Crippen LogP) is 8.20. The summed E-state index contributed by atoms with van der Waals surface area (Å²) in [6.07, 6.45) is 25.4. The number of carbonyl (C=O) groups is 3. The van der Waals surface area contributed by atoms with Crippen LogP contribution in [-0.4, -0.2) is 286 Å². The summed E-state index contributed by atoms with van der Waals surface area (Å²) >= 11 is 0. The molecule has 0 saturated carbocycles. The van der Waals surface area contributed by atoms with Crippen molar-refractivity contribution in [1.29, 1.82) is 0 Å². The lowest BCUT2D eigenvalue weighted by Crippen LogP contribution is -2.35. The number of aldehydes is 1. The minimum absolute atomic E-state index is 0.00720. The molecule has 7 unspecified atom stereocenters. The van der Waals surface area contributed by atoms with Gasteiger partial charge >= 0.3 is 42.2 Å². The second kappa shape index (κ2) is 50.4. The molecule has 720 valence electrons. The van der Waals surface area contributed by atoms with E-state index in [1.165, 1.54) is 37.9 Å². The maximum absolute atomic E-state index is 12.4. The van der Waals surface area contributed by atoms with Crippen LogP contribution in [0, 0.1) is 29.6 Å². The first-order valence-corrected chi connectivity index (χ1v) is 46.9. The van der Waals surface area contributed by atoms with E-state index in [1.54, 1.807) is 46.5 Å². The molecule has 12 atom stereocenters. The van der Waals surface area contributed by atoms with Gasteiger partial charge in [-0.25, -0.2) is 57.1 Å². The minimum atomic E-state index is -0.939. The highest BCUT2D eigenvalue weighted by atomic mass is 16.6. The fourth-order valence-electron chi connectivity index (χ4n) is 15.8. The number of amides is 2. The van der Waals surface area contributed by atoms with Crippen molar-refractivity contribution in [3.05, 3.63) is 60.0 Å². The van der Waals surface area contributed by atoms with E-state index in [2.05, 4.69) is 126 Å². The van der Waals surface area contributed by atoms with E-state index >= 15 is 0 Å². The van der Waals surface area contributed by atoms with Crippen LogP contribution in [-0.2, 0) is 27.1 Å². The first kappa shape index (κ1) is 101. The number of likely N-dealkylation sites (tertiary alicyclic amines) is 2. The van der Waals surface area contributed by atoms with Crippen LogP contribution in [0.1, 0.15) is 242 Å². The topological polar surface area (TPSA) is 516 Å². The molecule has 5 aliphatic rings. The van der Waals surface area contributed by atoms with Crippen molar-refractivity contribution < 1.29 is 60.6 Å². The molecule has 2 amide bonds. The van der Waals surface area contributed by atoms with Gasteiger partial charge in [0, 0.05) is 78.3 Å². The zero-order valence-electron chi connectivity index (χ0n) is 82.2. The largest absolute Gasteiger partial charge is 0.459 e. The van der Waals surface area contributed by atoms with Crippen molar-refractivity contribution in [2.75, 3.05) is 106 Å². The van der Waals surface area contributed by atoms with Crippen LogP contribution in [0.5, 0.6) is 30.1 Å². The van der Waals surface area contributed by atoms with Crippen molar-refractivity contribution in [2.45, 2.75) is 274 Å². The van der Waals surface area contributed by atoms with E-state index in [4.69, 9.17) is 68.7 Å². The van der Waals surface area contributed by atoms with Crippen LogP contribution >= 0.6 is 0 Å². The number of nitrogen functional groups attached to an aromatic ring is 3. The van der Waals surface area contributed by atoms with E-state index in [1.807, 2.05) is 88.6 Å². The van der Waals surface area contributed by atoms with E-state index < -0.39 is 29.5 Å². The Morgan fingerprint density at radius 2 is 0.880 bits per heavy atom. The van der Waals surface area contributed by atoms with Gasteiger partial charge in [0.25, 0.3) is 0 Å². The molecule has 0 spiro atoms. The molecule has 0 aromatic carbocycles. The van der Waals surface area contributed by atoms with E-state index in [0.29, 0.717) is 114 Å². The Kier molecular flexibility index (Phi) is 38.3. The quantitative estimate of drug-likeness (QED) is 0.0132. The molecule has 15 heterocycles. The van der Waals surface area contributed by atoms with Gasteiger partial charge in [0.2, 0.25) is 0 Å². The summed E-state index contributed by atoms with van der Waals surface area (Å²) in [6.45, 7) is 39.3. The third-order valence-electron chi connectivity index (χ3n) is 22.4. The number of ether oxygens (including phenoxy) is 7. The van der Waals surface area contributed by atoms with Crippen molar-refractivity contribution in [3.8, 4) is 30.1 Å². The molecule has 5 saturated heterocycles. The molecule has 5 fully saturated rings. The SMILES string of the molecule is CC(C)(C)OC(=O)N1CCC(C=O)C1.CCC[C@H](C)Oc1nc(N)c2ncc(C(O)C3CCNC3)n2n1.CCC[C@H](C)Oc1nc(N)c2ncc(CC3CCNC3)n2n1.CCC[C@H](C)Oc1nc(N)c2ncc(CC3CCNC3)n2n1.[2H]N(C[B][B])c1nc(O[C@@H](C)CCC)nn2c(C(O)C3CCN(C(=O)OC(C)(C)C)C3)cnc12.[2H]N(C[B][B])c1nc(O[C@@H](C)CCC)nn2ccnc12. The van der Waals surface area contributed by atoms with E-state index in [9.17, 15) is 24.6 Å². The Labute approximate surface area is 785 Å². The van der Waals surface area contributed by atoms with Crippen molar-refractivity contribution in [2.24, 2.45) is 29.6 Å². The minimum Gasteiger partial charge on any atom is -0.459 e. The number of carbonyl (C=O) groups excluding carboxylic acids is 3. The first-order chi connectivity index (χ1) is 64.5. The van der Waals surface area contributed by atoms with E-state index in [-0.39, 0.29) is 96.9 Å². The van der Waals surface area contributed by atoms with Crippen LogP contribution < -0.4 is 67.5 Å². The maximum Gasteiger partial charge on any atom is 0.410 e. The Balaban J connectivity index is 0.000000171. The molecule has 42 nitrogen and oxygen atoms in total. The number of hydrogen-bond donors (Lipinski definition) is 10. The van der Waals surface area contributed by atoms with Crippen molar-refractivity contribution >= 4 is 106 Å². The summed E-state index contributed by atoms with van der Waals surface area (Å²) < 4.78 is 63.8. The van der Waals surface area contributed by atoms with Crippen LogP contribution in [0.15, 0.2) is 37.2 Å². The summed E-state index contributed by atoms with van der Waals surface area (Å²) in [7, 11) is 13.6. The summed E-state index contributed by atoms with van der Waals surface area (Å²) in [5.41, 5.74) is 22.6. The molecule has 0 bridgehead atoms. The number of rotatable bonds is 35. The fraction of sp³-hybridized carbons (Fsp3) is 0.678. The second-order valence-corrected chi connectivity index (χ2v) is 36.4. The fourth-order valence-corrected chi connectivity index (χ4v) is 15.8. The van der Waals surface area contributed by atoms with Crippen LogP contribution in [0.2, 0.25) is 2.82 Å². The lowest BCUT2D eigenvalue weighted by atomic mass is 9.56. The molecular weight excluding hydrogens is 1700 g/mol. The molecule has 46 heteroatoms. The van der Waals surface area contributed by atoms with Gasteiger partial charge in [-0.15, -0.1) is 25.5 Å². The summed E-state index contributed by atoms with van der Waals surface area (Å²) in [4.78, 5) is 80.3. The highest BCUT2D eigenvalue weighted by molar-refractivity contribution is 6.90. The average Bonchev–Trinajstić information content (AvgIpc) is 1.61.